The van der Waals surface area contributed by atoms with Crippen molar-refractivity contribution in [1.29, 1.82) is 0 Å². The monoisotopic (exact) mass is 343 g/mol. The van der Waals surface area contributed by atoms with E-state index in [1.54, 1.807) is 6.92 Å². The summed E-state index contributed by atoms with van der Waals surface area (Å²) in [5.74, 6) is -1.39. The molecule has 2 heterocycles. The van der Waals surface area contributed by atoms with E-state index in [9.17, 15) is 19.1 Å². The predicted octanol–water partition coefficient (Wildman–Crippen LogP) is 1.79. The number of aromatic nitrogens is 2. The van der Waals surface area contributed by atoms with Gasteiger partial charge in [-0.3, -0.25) is 9.88 Å². The first-order valence-electron chi connectivity index (χ1n) is 7.98. The second-order valence-corrected chi connectivity index (χ2v) is 5.69. The van der Waals surface area contributed by atoms with Crippen molar-refractivity contribution in [2.45, 2.75) is 58.0 Å². The lowest BCUT2D eigenvalue weighted by Crippen LogP contribution is -2.29. The van der Waals surface area contributed by atoms with Gasteiger partial charge in [0.25, 0.3) is 0 Å². The van der Waals surface area contributed by atoms with Crippen LogP contribution in [0.3, 0.4) is 0 Å². The van der Waals surface area contributed by atoms with E-state index in [0.29, 0.717) is 6.42 Å². The van der Waals surface area contributed by atoms with Gasteiger partial charge in [-0.15, -0.1) is 0 Å². The van der Waals surface area contributed by atoms with Crippen molar-refractivity contribution >= 4 is 11.9 Å². The number of nitrogens with zero attached hydrogens (tertiary/aromatic N) is 2. The minimum Gasteiger partial charge on any atom is -0.449 e. The Labute approximate surface area is 138 Å². The van der Waals surface area contributed by atoms with E-state index in [4.69, 9.17) is 9.47 Å². The van der Waals surface area contributed by atoms with Gasteiger partial charge in [0.2, 0.25) is 0 Å². The van der Waals surface area contributed by atoms with Crippen LogP contribution in [0, 0.1) is 5.82 Å². The Balaban J connectivity index is 2.02. The summed E-state index contributed by atoms with van der Waals surface area (Å²) < 4.78 is 25.3. The van der Waals surface area contributed by atoms with Gasteiger partial charge < -0.3 is 14.6 Å². The number of anilines is 1. The molecule has 0 aliphatic carbocycles. The fourth-order valence-electron chi connectivity index (χ4n) is 2.36. The summed E-state index contributed by atoms with van der Waals surface area (Å²) in [6.07, 6.45) is 0.821. The molecule has 1 unspecified atom stereocenters. The molecule has 0 spiro atoms. The van der Waals surface area contributed by atoms with Crippen LogP contribution in [0.1, 0.15) is 45.8 Å². The average molecular weight is 343 g/mol. The summed E-state index contributed by atoms with van der Waals surface area (Å²) in [6.45, 7) is 3.89. The van der Waals surface area contributed by atoms with E-state index >= 15 is 0 Å². The summed E-state index contributed by atoms with van der Waals surface area (Å²) >= 11 is 0. The van der Waals surface area contributed by atoms with Crippen molar-refractivity contribution in [3.8, 4) is 0 Å². The highest BCUT2D eigenvalue weighted by atomic mass is 19.1. The molecule has 2 N–H and O–H groups in total. The Morgan fingerprint density at radius 1 is 1.58 bits per heavy atom. The zero-order valence-corrected chi connectivity index (χ0v) is 13.7. The number of ether oxygens (including phenoxy) is 2. The number of hydrogen-bond acceptors (Lipinski definition) is 6. The van der Waals surface area contributed by atoms with Crippen LogP contribution in [0.2, 0.25) is 0 Å². The molecule has 1 aromatic rings. The van der Waals surface area contributed by atoms with E-state index in [1.807, 2.05) is 6.92 Å². The Hall–Kier alpha value is -2.00. The first kappa shape index (κ1) is 18.3. The van der Waals surface area contributed by atoms with Crippen LogP contribution in [0.5, 0.6) is 0 Å². The van der Waals surface area contributed by atoms with E-state index in [0.717, 1.165) is 23.6 Å². The quantitative estimate of drug-likeness (QED) is 0.764. The number of aliphatic hydroxyl groups excluding tert-OH is 1. The van der Waals surface area contributed by atoms with Crippen molar-refractivity contribution in [1.82, 2.24) is 9.55 Å². The number of nitrogens with one attached hydrogen (secondary N) is 1. The van der Waals surface area contributed by atoms with Gasteiger partial charge >= 0.3 is 11.8 Å². The van der Waals surface area contributed by atoms with Crippen LogP contribution in [0.15, 0.2) is 11.0 Å². The molecule has 0 radical (unpaired) electrons. The summed E-state index contributed by atoms with van der Waals surface area (Å²) in [6, 6.07) is 0. The lowest BCUT2D eigenvalue weighted by molar-refractivity contribution is -0.0104. The molecule has 1 aliphatic rings. The molecule has 1 aromatic heterocycles. The van der Waals surface area contributed by atoms with Crippen LogP contribution in [0.4, 0.5) is 15.0 Å². The predicted molar refractivity (Wildman–Crippen MR) is 83.2 cm³/mol. The van der Waals surface area contributed by atoms with Gasteiger partial charge in [-0.2, -0.15) is 4.98 Å². The van der Waals surface area contributed by atoms with Crippen molar-refractivity contribution in [2.75, 3.05) is 11.9 Å². The zero-order valence-electron chi connectivity index (χ0n) is 13.7. The molecule has 1 saturated heterocycles. The Bertz CT molecular complexity index is 626. The standard InChI is InChI=1S/C15H22FN3O5/c1-3-4-5-6-23-15(22)18-13-10(16)8-19(14(21)17-13)12-7-11(20)9(2)24-12/h8-9,11-12,20H,3-7H2,1-2H3,(H,17,18,21,22)/t9-,11?,12-/m1/s1. The molecule has 24 heavy (non-hydrogen) atoms. The number of hydrogen-bond donors (Lipinski definition) is 2. The van der Waals surface area contributed by atoms with Gasteiger partial charge in [0, 0.05) is 6.42 Å². The third-order valence-electron chi connectivity index (χ3n) is 3.78. The van der Waals surface area contributed by atoms with Crippen LogP contribution in [-0.4, -0.2) is 39.6 Å². The molecule has 2 rings (SSSR count). The van der Waals surface area contributed by atoms with Gasteiger partial charge in [0.05, 0.1) is 25.0 Å². The van der Waals surface area contributed by atoms with Gasteiger partial charge in [-0.05, 0) is 13.3 Å². The van der Waals surface area contributed by atoms with Crippen LogP contribution < -0.4 is 11.0 Å². The van der Waals surface area contributed by atoms with Crippen molar-refractivity contribution < 1.29 is 23.8 Å². The highest BCUT2D eigenvalue weighted by Crippen LogP contribution is 2.27. The van der Waals surface area contributed by atoms with E-state index in [2.05, 4.69) is 10.3 Å². The highest BCUT2D eigenvalue weighted by Gasteiger charge is 2.33. The van der Waals surface area contributed by atoms with Crippen LogP contribution in [-0.2, 0) is 9.47 Å². The summed E-state index contributed by atoms with van der Waals surface area (Å²) in [5, 5.41) is 11.8. The van der Waals surface area contributed by atoms with Crippen molar-refractivity contribution in [3.05, 3.63) is 22.5 Å². The molecule has 3 atom stereocenters. The molecule has 0 bridgehead atoms. The van der Waals surface area contributed by atoms with Gasteiger partial charge in [-0.1, -0.05) is 19.8 Å². The van der Waals surface area contributed by atoms with Gasteiger partial charge in [0.1, 0.15) is 6.23 Å². The maximum absolute atomic E-state index is 14.1. The molecule has 1 aliphatic heterocycles. The maximum atomic E-state index is 14.1. The van der Waals surface area contributed by atoms with Crippen molar-refractivity contribution in [2.24, 2.45) is 0 Å². The molecule has 0 saturated carbocycles. The largest absolute Gasteiger partial charge is 0.449 e. The first-order valence-corrected chi connectivity index (χ1v) is 7.98. The SMILES string of the molecule is CCCCCOC(=O)Nc1nc(=O)n([C@H]2CC(O)[C@@H](C)O2)cc1F. The fraction of sp³-hybridized carbons (Fsp3) is 0.667. The van der Waals surface area contributed by atoms with E-state index in [1.165, 1.54) is 0 Å². The fourth-order valence-corrected chi connectivity index (χ4v) is 2.36. The smallest absolute Gasteiger partial charge is 0.412 e. The molecule has 9 heteroatoms. The van der Waals surface area contributed by atoms with E-state index < -0.39 is 41.9 Å². The second kappa shape index (κ2) is 8.20. The molecular formula is C15H22FN3O5. The lowest BCUT2D eigenvalue weighted by atomic mass is 10.2. The third kappa shape index (κ3) is 4.51. The number of carbonyl (C=O) groups is 1. The number of unbranched alkanes of at least 4 members (excludes halogenated alkanes) is 2. The minimum atomic E-state index is -0.891. The summed E-state index contributed by atoms with van der Waals surface area (Å²) in [4.78, 5) is 27.1. The normalized spacial score (nSPS) is 23.2. The Morgan fingerprint density at radius 3 is 2.96 bits per heavy atom. The zero-order chi connectivity index (χ0) is 17.7. The highest BCUT2D eigenvalue weighted by molar-refractivity contribution is 5.83. The van der Waals surface area contributed by atoms with Crippen LogP contribution in [0.25, 0.3) is 0 Å². The number of rotatable bonds is 6. The van der Waals surface area contributed by atoms with E-state index in [-0.39, 0.29) is 13.0 Å². The topological polar surface area (TPSA) is 103 Å². The molecular weight excluding hydrogens is 321 g/mol. The Morgan fingerprint density at radius 2 is 2.33 bits per heavy atom. The molecule has 8 nitrogen and oxygen atoms in total. The van der Waals surface area contributed by atoms with Crippen LogP contribution >= 0.6 is 0 Å². The Kier molecular flexibility index (Phi) is 6.27. The number of aliphatic hydroxyl groups is 1. The molecule has 0 aromatic carbocycles. The van der Waals surface area contributed by atoms with Crippen molar-refractivity contribution in [3.63, 3.8) is 0 Å². The molecule has 1 fully saturated rings. The first-order chi connectivity index (χ1) is 11.4. The number of halogens is 1. The lowest BCUT2D eigenvalue weighted by Gasteiger charge is -2.14. The van der Waals surface area contributed by atoms with Gasteiger partial charge in [-0.25, -0.2) is 14.0 Å². The molecule has 134 valence electrons. The van der Waals surface area contributed by atoms with Gasteiger partial charge in [0.15, 0.2) is 11.6 Å². The third-order valence-corrected chi connectivity index (χ3v) is 3.78. The number of amides is 1. The average Bonchev–Trinajstić information content (AvgIpc) is 2.86. The second-order valence-electron chi connectivity index (χ2n) is 5.69. The molecule has 1 amide bonds. The summed E-state index contributed by atoms with van der Waals surface area (Å²) in [5.41, 5.74) is -0.788. The number of carbonyl (C=O) groups excluding carboxylic acids is 1. The minimum absolute atomic E-state index is 0.161. The summed E-state index contributed by atoms with van der Waals surface area (Å²) in [7, 11) is 0. The maximum Gasteiger partial charge on any atom is 0.412 e.